The summed E-state index contributed by atoms with van der Waals surface area (Å²) in [5.74, 6) is 2.56. The highest BCUT2D eigenvalue weighted by Crippen LogP contribution is 2.36. The van der Waals surface area contributed by atoms with Gasteiger partial charge in [0.05, 0.1) is 10.7 Å². The van der Waals surface area contributed by atoms with Gasteiger partial charge in [-0.3, -0.25) is 5.10 Å². The molecule has 10 heteroatoms. The number of aryl methyl sites for hydroxylation is 1. The normalized spacial score (nSPS) is 14.8. The van der Waals surface area contributed by atoms with Gasteiger partial charge >= 0.3 is 6.01 Å². The highest BCUT2D eigenvalue weighted by Gasteiger charge is 2.20. The average Bonchev–Trinajstić information content (AvgIpc) is 3.47. The van der Waals surface area contributed by atoms with Gasteiger partial charge in [-0.15, -0.1) is 0 Å². The first-order valence-corrected chi connectivity index (χ1v) is 12.2. The molecule has 0 amide bonds. The molecule has 1 fully saturated rings. The summed E-state index contributed by atoms with van der Waals surface area (Å²) in [6, 6.07) is 9.85. The zero-order chi connectivity index (χ0) is 24.4. The van der Waals surface area contributed by atoms with Gasteiger partial charge in [-0.25, -0.2) is 0 Å². The van der Waals surface area contributed by atoms with E-state index in [1.807, 2.05) is 56.3 Å². The molecular weight excluding hydrogens is 464 g/mol. The van der Waals surface area contributed by atoms with Crippen molar-refractivity contribution in [1.29, 1.82) is 0 Å². The van der Waals surface area contributed by atoms with E-state index < -0.39 is 0 Å². The predicted molar refractivity (Wildman–Crippen MR) is 141 cm³/mol. The van der Waals surface area contributed by atoms with Crippen LogP contribution in [0.3, 0.4) is 0 Å². The molecule has 9 nitrogen and oxygen atoms in total. The second-order valence-corrected chi connectivity index (χ2v) is 8.92. The Bertz CT molecular complexity index is 1350. The number of likely N-dealkylation sites (N-methyl/N-ethyl adjacent to an activating group) is 1. The number of anilines is 3. The zero-order valence-corrected chi connectivity index (χ0v) is 20.9. The Morgan fingerprint density at radius 2 is 1.94 bits per heavy atom. The summed E-state index contributed by atoms with van der Waals surface area (Å²) < 4.78 is 6.14. The number of nitrogens with one attached hydrogen (secondary N) is 3. The van der Waals surface area contributed by atoms with Crippen molar-refractivity contribution in [2.45, 2.75) is 20.8 Å². The van der Waals surface area contributed by atoms with Gasteiger partial charge < -0.3 is 24.8 Å². The van der Waals surface area contributed by atoms with Crippen molar-refractivity contribution in [3.05, 3.63) is 52.8 Å². The third-order valence-corrected chi connectivity index (χ3v) is 6.46. The fraction of sp³-hybridized carbons (Fsp3) is 0.320. The van der Waals surface area contributed by atoms with Gasteiger partial charge in [0.2, 0.25) is 0 Å². The number of aromatic amines is 2. The molecule has 182 valence electrons. The van der Waals surface area contributed by atoms with Crippen molar-refractivity contribution in [1.82, 2.24) is 30.0 Å². The van der Waals surface area contributed by atoms with E-state index in [1.54, 1.807) is 0 Å². The van der Waals surface area contributed by atoms with Gasteiger partial charge in [-0.1, -0.05) is 24.6 Å². The van der Waals surface area contributed by atoms with Crippen molar-refractivity contribution in [3.8, 4) is 11.8 Å². The van der Waals surface area contributed by atoms with Crippen LogP contribution < -0.4 is 15.0 Å². The SMILES string of the molecule is C/C=C/c1cc(Nc2cc(N3CCN(CC)CC3)nc(Oc3ccc4[nH]c(C)cc4c3Cl)n2)n[nH]1. The van der Waals surface area contributed by atoms with E-state index in [-0.39, 0.29) is 6.01 Å². The van der Waals surface area contributed by atoms with Crippen LogP contribution in [0.2, 0.25) is 5.02 Å². The summed E-state index contributed by atoms with van der Waals surface area (Å²) in [6.07, 6.45) is 3.90. The van der Waals surface area contributed by atoms with Gasteiger partial charge in [0.15, 0.2) is 5.82 Å². The number of piperazine rings is 1. The van der Waals surface area contributed by atoms with E-state index in [0.29, 0.717) is 22.4 Å². The van der Waals surface area contributed by atoms with Crippen LogP contribution in [0, 0.1) is 6.92 Å². The molecule has 1 aliphatic rings. The van der Waals surface area contributed by atoms with Crippen LogP contribution in [0.5, 0.6) is 11.8 Å². The first-order chi connectivity index (χ1) is 17.0. The van der Waals surface area contributed by atoms with Gasteiger partial charge in [0, 0.05) is 54.9 Å². The van der Waals surface area contributed by atoms with Crippen LogP contribution in [0.4, 0.5) is 17.5 Å². The topological polar surface area (TPSA) is 98.0 Å². The molecule has 0 spiro atoms. The minimum Gasteiger partial charge on any atom is -0.423 e. The van der Waals surface area contributed by atoms with Crippen molar-refractivity contribution >= 4 is 46.0 Å². The number of allylic oxidation sites excluding steroid dienone is 1. The lowest BCUT2D eigenvalue weighted by atomic mass is 10.2. The van der Waals surface area contributed by atoms with E-state index in [9.17, 15) is 0 Å². The van der Waals surface area contributed by atoms with E-state index in [2.05, 4.69) is 42.2 Å². The van der Waals surface area contributed by atoms with Gasteiger partial charge in [0.25, 0.3) is 0 Å². The van der Waals surface area contributed by atoms with Crippen molar-refractivity contribution in [2.75, 3.05) is 42.9 Å². The average molecular weight is 493 g/mol. The Balaban J connectivity index is 1.47. The largest absolute Gasteiger partial charge is 0.423 e. The van der Waals surface area contributed by atoms with Crippen LogP contribution in [0.25, 0.3) is 17.0 Å². The molecule has 1 aliphatic heterocycles. The zero-order valence-electron chi connectivity index (χ0n) is 20.1. The number of aromatic nitrogens is 5. The van der Waals surface area contributed by atoms with Crippen molar-refractivity contribution in [3.63, 3.8) is 0 Å². The molecular formula is C25H29ClN8O. The number of nitrogens with zero attached hydrogens (tertiary/aromatic N) is 5. The van der Waals surface area contributed by atoms with Gasteiger partial charge in [-0.2, -0.15) is 15.1 Å². The Kier molecular flexibility index (Phi) is 6.61. The molecule has 1 aromatic carbocycles. The Morgan fingerprint density at radius 3 is 2.71 bits per heavy atom. The smallest absolute Gasteiger partial charge is 0.325 e. The number of hydrogen-bond donors (Lipinski definition) is 3. The molecule has 3 N–H and O–H groups in total. The molecule has 5 rings (SSSR count). The Hall–Kier alpha value is -3.56. The monoisotopic (exact) mass is 492 g/mol. The number of hydrogen-bond acceptors (Lipinski definition) is 7. The van der Waals surface area contributed by atoms with Gasteiger partial charge in [-0.05, 0) is 44.7 Å². The molecule has 0 atom stereocenters. The second kappa shape index (κ2) is 9.97. The molecule has 0 saturated carbocycles. The number of H-pyrrole nitrogens is 2. The van der Waals surface area contributed by atoms with Crippen LogP contribution in [0.1, 0.15) is 25.2 Å². The van der Waals surface area contributed by atoms with E-state index in [1.165, 1.54) is 0 Å². The third kappa shape index (κ3) is 5.11. The number of fused-ring (bicyclic) bond motifs is 1. The lowest BCUT2D eigenvalue weighted by Gasteiger charge is -2.34. The van der Waals surface area contributed by atoms with E-state index >= 15 is 0 Å². The predicted octanol–water partition coefficient (Wildman–Crippen LogP) is 5.35. The number of benzene rings is 1. The first kappa shape index (κ1) is 23.2. The lowest BCUT2D eigenvalue weighted by molar-refractivity contribution is 0.270. The molecule has 35 heavy (non-hydrogen) atoms. The third-order valence-electron chi connectivity index (χ3n) is 6.07. The highest BCUT2D eigenvalue weighted by molar-refractivity contribution is 6.37. The molecule has 1 saturated heterocycles. The lowest BCUT2D eigenvalue weighted by Crippen LogP contribution is -2.46. The number of rotatable bonds is 7. The fourth-order valence-electron chi connectivity index (χ4n) is 4.24. The standard InChI is InChI=1S/C25H29ClN8O/c1-4-6-17-14-22(32-31-17)28-21-15-23(34-11-9-33(5-2)10-12-34)30-25(29-21)35-20-8-7-19-18(24(20)26)13-16(3)27-19/h4,6-8,13-15,27H,5,9-12H2,1-3H3,(H2,28,29,30,31,32)/b6-4+. The molecule has 0 bridgehead atoms. The fourth-order valence-corrected chi connectivity index (χ4v) is 4.50. The highest BCUT2D eigenvalue weighted by atomic mass is 35.5. The summed E-state index contributed by atoms with van der Waals surface area (Å²) in [7, 11) is 0. The first-order valence-electron chi connectivity index (χ1n) is 11.8. The summed E-state index contributed by atoms with van der Waals surface area (Å²) in [5, 5.41) is 12.0. The van der Waals surface area contributed by atoms with E-state index in [0.717, 1.165) is 60.8 Å². The van der Waals surface area contributed by atoms with Crippen LogP contribution in [0.15, 0.2) is 36.4 Å². The van der Waals surface area contributed by atoms with Crippen molar-refractivity contribution in [2.24, 2.45) is 0 Å². The van der Waals surface area contributed by atoms with Crippen molar-refractivity contribution < 1.29 is 4.74 Å². The molecule has 0 aliphatic carbocycles. The Labute approximate surface area is 209 Å². The summed E-state index contributed by atoms with van der Waals surface area (Å²) in [6.45, 7) is 10.9. The number of halogens is 1. The quantitative estimate of drug-likeness (QED) is 0.319. The molecule has 0 radical (unpaired) electrons. The van der Waals surface area contributed by atoms with Gasteiger partial charge in [0.1, 0.15) is 17.4 Å². The van der Waals surface area contributed by atoms with Crippen LogP contribution in [-0.4, -0.2) is 62.8 Å². The number of ether oxygens (including phenoxy) is 1. The summed E-state index contributed by atoms with van der Waals surface area (Å²) >= 11 is 6.67. The molecule has 4 heterocycles. The minimum atomic E-state index is 0.223. The maximum absolute atomic E-state index is 6.67. The maximum atomic E-state index is 6.67. The summed E-state index contributed by atoms with van der Waals surface area (Å²) in [4.78, 5) is 17.3. The molecule has 0 unspecified atom stereocenters. The Morgan fingerprint density at radius 1 is 1.11 bits per heavy atom. The molecule has 4 aromatic rings. The minimum absolute atomic E-state index is 0.223. The second-order valence-electron chi connectivity index (χ2n) is 8.54. The molecule has 3 aromatic heterocycles. The van der Waals surface area contributed by atoms with Crippen LogP contribution >= 0.6 is 11.6 Å². The van der Waals surface area contributed by atoms with Crippen LogP contribution in [-0.2, 0) is 0 Å². The van der Waals surface area contributed by atoms with E-state index in [4.69, 9.17) is 21.3 Å². The summed E-state index contributed by atoms with van der Waals surface area (Å²) in [5.41, 5.74) is 2.89. The maximum Gasteiger partial charge on any atom is 0.325 e.